The predicted octanol–water partition coefficient (Wildman–Crippen LogP) is 3.46. The minimum absolute atomic E-state index is 0.489. The van der Waals surface area contributed by atoms with Crippen LogP contribution in [0.5, 0.6) is 11.5 Å². The van der Waals surface area contributed by atoms with E-state index in [4.69, 9.17) is 14.5 Å². The van der Waals surface area contributed by atoms with Crippen LogP contribution in [0.25, 0.3) is 0 Å². The molecule has 152 valence electrons. The molecule has 6 nitrogen and oxygen atoms in total. The van der Waals surface area contributed by atoms with Gasteiger partial charge in [-0.05, 0) is 29.7 Å². The summed E-state index contributed by atoms with van der Waals surface area (Å²) >= 11 is 1.75. The summed E-state index contributed by atoms with van der Waals surface area (Å²) in [7, 11) is 5.19. The standard InChI is InChI=1S/C21H30N4O2S/c1-14(2)20-24-17(13-28-20)6-8-23-21(22-3)25-9-7-15-10-18(26-4)19(27-5)11-16(15)12-25/h10-11,13-14H,6-9,12H2,1-5H3,(H,22,23). The molecule has 0 radical (unpaired) electrons. The summed E-state index contributed by atoms with van der Waals surface area (Å²) in [6.07, 6.45) is 1.86. The third kappa shape index (κ3) is 4.58. The highest BCUT2D eigenvalue weighted by Crippen LogP contribution is 2.33. The lowest BCUT2D eigenvalue weighted by Crippen LogP contribution is -2.44. The number of ether oxygens (including phenoxy) is 2. The molecule has 0 saturated heterocycles. The number of aromatic nitrogens is 1. The molecule has 1 N–H and O–H groups in total. The van der Waals surface area contributed by atoms with Gasteiger partial charge in [-0.2, -0.15) is 0 Å². The highest BCUT2D eigenvalue weighted by molar-refractivity contribution is 7.09. The van der Waals surface area contributed by atoms with Crippen LogP contribution in [0.2, 0.25) is 0 Å². The highest BCUT2D eigenvalue weighted by Gasteiger charge is 2.21. The van der Waals surface area contributed by atoms with E-state index in [1.54, 1.807) is 25.6 Å². The van der Waals surface area contributed by atoms with Gasteiger partial charge in [-0.25, -0.2) is 4.98 Å². The van der Waals surface area contributed by atoms with Crippen molar-refractivity contribution < 1.29 is 9.47 Å². The molecular formula is C21H30N4O2S. The van der Waals surface area contributed by atoms with Crippen LogP contribution < -0.4 is 14.8 Å². The van der Waals surface area contributed by atoms with Crippen LogP contribution in [0.1, 0.15) is 41.6 Å². The Morgan fingerprint density at radius 2 is 1.96 bits per heavy atom. The summed E-state index contributed by atoms with van der Waals surface area (Å²) in [6.45, 7) is 6.92. The lowest BCUT2D eigenvalue weighted by molar-refractivity contribution is 0.346. The lowest BCUT2D eigenvalue weighted by Gasteiger charge is -2.32. The molecule has 2 aromatic rings. The van der Waals surface area contributed by atoms with Gasteiger partial charge >= 0.3 is 0 Å². The van der Waals surface area contributed by atoms with Crippen molar-refractivity contribution in [2.24, 2.45) is 4.99 Å². The van der Waals surface area contributed by atoms with E-state index >= 15 is 0 Å². The molecule has 0 atom stereocenters. The van der Waals surface area contributed by atoms with Crippen molar-refractivity contribution in [3.05, 3.63) is 39.3 Å². The summed E-state index contributed by atoms with van der Waals surface area (Å²) in [4.78, 5) is 11.5. The Hall–Kier alpha value is -2.28. The molecule has 0 saturated carbocycles. The van der Waals surface area contributed by atoms with Gasteiger partial charge in [0.05, 0.1) is 24.9 Å². The van der Waals surface area contributed by atoms with Crippen molar-refractivity contribution in [1.29, 1.82) is 0 Å². The van der Waals surface area contributed by atoms with Crippen LogP contribution in [0.4, 0.5) is 0 Å². The summed E-state index contributed by atoms with van der Waals surface area (Å²) in [5, 5.41) is 6.86. The average molecular weight is 403 g/mol. The number of benzene rings is 1. The number of fused-ring (bicyclic) bond motifs is 1. The molecule has 0 unspecified atom stereocenters. The molecule has 1 aliphatic heterocycles. The molecule has 1 aromatic heterocycles. The van der Waals surface area contributed by atoms with Gasteiger partial charge in [0.15, 0.2) is 17.5 Å². The van der Waals surface area contributed by atoms with Gasteiger partial charge in [-0.15, -0.1) is 11.3 Å². The van der Waals surface area contributed by atoms with E-state index in [1.807, 2.05) is 7.05 Å². The molecule has 1 aliphatic rings. The van der Waals surface area contributed by atoms with E-state index in [0.29, 0.717) is 5.92 Å². The summed E-state index contributed by atoms with van der Waals surface area (Å²) in [5.41, 5.74) is 3.72. The molecular weight excluding hydrogens is 372 g/mol. The van der Waals surface area contributed by atoms with Crippen LogP contribution in [0.15, 0.2) is 22.5 Å². The van der Waals surface area contributed by atoms with Gasteiger partial charge in [0, 0.05) is 44.4 Å². The maximum atomic E-state index is 5.46. The van der Waals surface area contributed by atoms with Gasteiger partial charge in [-0.1, -0.05) is 13.8 Å². The fourth-order valence-corrected chi connectivity index (χ4v) is 4.27. The van der Waals surface area contributed by atoms with Crippen molar-refractivity contribution in [1.82, 2.24) is 15.2 Å². The number of hydrogen-bond acceptors (Lipinski definition) is 5. The SMILES string of the molecule is CN=C(NCCc1csc(C(C)C)n1)N1CCc2cc(OC)c(OC)cc2C1. The zero-order valence-corrected chi connectivity index (χ0v) is 18.2. The molecule has 1 aromatic carbocycles. The zero-order valence-electron chi connectivity index (χ0n) is 17.4. The Morgan fingerprint density at radius 3 is 2.57 bits per heavy atom. The number of nitrogens with one attached hydrogen (secondary N) is 1. The van der Waals surface area contributed by atoms with E-state index in [1.165, 1.54) is 16.1 Å². The van der Waals surface area contributed by atoms with E-state index < -0.39 is 0 Å². The first-order chi connectivity index (χ1) is 13.5. The number of rotatable bonds is 6. The number of methoxy groups -OCH3 is 2. The minimum Gasteiger partial charge on any atom is -0.493 e. The van der Waals surface area contributed by atoms with Crippen molar-refractivity contribution in [2.75, 3.05) is 34.4 Å². The molecule has 0 spiro atoms. The van der Waals surface area contributed by atoms with Gasteiger partial charge in [0.1, 0.15) is 0 Å². The van der Waals surface area contributed by atoms with Crippen LogP contribution in [-0.2, 0) is 19.4 Å². The number of aliphatic imine (C=N–C) groups is 1. The van der Waals surface area contributed by atoms with Gasteiger partial charge in [0.25, 0.3) is 0 Å². The molecule has 0 amide bonds. The predicted molar refractivity (Wildman–Crippen MR) is 115 cm³/mol. The monoisotopic (exact) mass is 402 g/mol. The number of nitrogens with zero attached hydrogens (tertiary/aromatic N) is 3. The topological polar surface area (TPSA) is 59.0 Å². The van der Waals surface area contributed by atoms with Crippen molar-refractivity contribution in [3.8, 4) is 11.5 Å². The van der Waals surface area contributed by atoms with Crippen LogP contribution >= 0.6 is 11.3 Å². The summed E-state index contributed by atoms with van der Waals surface area (Å²) < 4.78 is 10.9. The smallest absolute Gasteiger partial charge is 0.193 e. The van der Waals surface area contributed by atoms with Crippen LogP contribution in [0.3, 0.4) is 0 Å². The molecule has 3 rings (SSSR count). The molecule has 28 heavy (non-hydrogen) atoms. The fourth-order valence-electron chi connectivity index (χ4n) is 3.40. The second-order valence-electron chi connectivity index (χ2n) is 7.20. The van der Waals surface area contributed by atoms with Crippen molar-refractivity contribution in [3.63, 3.8) is 0 Å². The Morgan fingerprint density at radius 1 is 1.25 bits per heavy atom. The average Bonchev–Trinajstić information content (AvgIpc) is 3.19. The highest BCUT2D eigenvalue weighted by atomic mass is 32.1. The first-order valence-electron chi connectivity index (χ1n) is 9.69. The molecule has 0 bridgehead atoms. The number of thiazole rings is 1. The van der Waals surface area contributed by atoms with Crippen molar-refractivity contribution in [2.45, 2.75) is 39.2 Å². The molecule has 7 heteroatoms. The second-order valence-corrected chi connectivity index (χ2v) is 8.09. The normalized spacial score (nSPS) is 14.2. The number of hydrogen-bond donors (Lipinski definition) is 1. The Bertz CT molecular complexity index is 832. The molecule has 0 aliphatic carbocycles. The first kappa shape index (κ1) is 20.5. The molecule has 2 heterocycles. The Balaban J connectivity index is 1.61. The van der Waals surface area contributed by atoms with E-state index in [-0.39, 0.29) is 0 Å². The Kier molecular flexibility index (Phi) is 6.78. The summed E-state index contributed by atoms with van der Waals surface area (Å²) in [6, 6.07) is 4.17. The third-order valence-electron chi connectivity index (χ3n) is 4.96. The van der Waals surface area contributed by atoms with Gasteiger partial charge < -0.3 is 19.7 Å². The third-order valence-corrected chi connectivity index (χ3v) is 6.15. The van der Waals surface area contributed by atoms with E-state index in [2.05, 4.69) is 46.6 Å². The first-order valence-corrected chi connectivity index (χ1v) is 10.6. The summed E-state index contributed by atoms with van der Waals surface area (Å²) in [5.74, 6) is 2.99. The van der Waals surface area contributed by atoms with Crippen molar-refractivity contribution >= 4 is 17.3 Å². The minimum atomic E-state index is 0.489. The largest absolute Gasteiger partial charge is 0.493 e. The van der Waals surface area contributed by atoms with Gasteiger partial charge in [-0.3, -0.25) is 4.99 Å². The van der Waals surface area contributed by atoms with E-state index in [9.17, 15) is 0 Å². The Labute approximate surface area is 171 Å². The van der Waals surface area contributed by atoms with E-state index in [0.717, 1.165) is 55.6 Å². The quantitative estimate of drug-likeness (QED) is 0.592. The molecule has 0 fully saturated rings. The lowest BCUT2D eigenvalue weighted by atomic mass is 9.99. The zero-order chi connectivity index (χ0) is 20.1. The van der Waals surface area contributed by atoms with Crippen LogP contribution in [-0.4, -0.2) is 50.2 Å². The number of guanidine groups is 1. The maximum absolute atomic E-state index is 5.46. The van der Waals surface area contributed by atoms with Crippen LogP contribution in [0, 0.1) is 0 Å². The fraction of sp³-hybridized carbons (Fsp3) is 0.524. The van der Waals surface area contributed by atoms with Gasteiger partial charge in [0.2, 0.25) is 0 Å². The maximum Gasteiger partial charge on any atom is 0.193 e. The second kappa shape index (κ2) is 9.28.